The van der Waals surface area contributed by atoms with Crippen LogP contribution in [0.1, 0.15) is 25.7 Å². The first-order chi connectivity index (χ1) is 5.63. The van der Waals surface area contributed by atoms with Crippen LogP contribution in [0.2, 0.25) is 0 Å². The lowest BCUT2D eigenvalue weighted by Crippen LogP contribution is -1.93. The highest BCUT2D eigenvalue weighted by atomic mass is 16.4. The summed E-state index contributed by atoms with van der Waals surface area (Å²) in [7, 11) is 0. The minimum absolute atomic E-state index is 0.101. The Kier molecular flexibility index (Phi) is 5.69. The highest BCUT2D eigenvalue weighted by molar-refractivity contribution is 5.67. The molecule has 12 heavy (non-hydrogen) atoms. The molecule has 2 N–H and O–H groups in total. The molecule has 0 aliphatic heterocycles. The van der Waals surface area contributed by atoms with Crippen molar-refractivity contribution in [1.29, 1.82) is 0 Å². The summed E-state index contributed by atoms with van der Waals surface area (Å²) in [6.07, 6.45) is 4.52. The fraction of sp³-hybridized carbons (Fsp3) is 0.500. The Labute approximate surface area is 70.5 Å². The second kappa shape index (κ2) is 6.39. The lowest BCUT2D eigenvalue weighted by molar-refractivity contribution is -0.138. The summed E-state index contributed by atoms with van der Waals surface area (Å²) < 4.78 is 0. The molecule has 0 spiro atoms. The van der Waals surface area contributed by atoms with Crippen LogP contribution in [0.5, 0.6) is 0 Å². The number of allylic oxidation sites excluding steroid dienone is 2. The summed E-state index contributed by atoms with van der Waals surface area (Å²) in [6, 6.07) is 0. The molecule has 0 atom stereocenters. The molecule has 0 aromatic rings. The molecule has 0 unspecified atom stereocenters. The highest BCUT2D eigenvalue weighted by Gasteiger charge is 1.93. The number of hydrogen-bond acceptors (Lipinski definition) is 2. The van der Waals surface area contributed by atoms with Gasteiger partial charge in [-0.1, -0.05) is 12.2 Å². The fourth-order valence-electron chi connectivity index (χ4n) is 0.649. The number of rotatable bonds is 6. The molecule has 0 amide bonds. The van der Waals surface area contributed by atoms with Crippen molar-refractivity contribution >= 4 is 11.9 Å². The first-order valence-corrected chi connectivity index (χ1v) is 3.71. The van der Waals surface area contributed by atoms with Gasteiger partial charge < -0.3 is 10.2 Å². The molecule has 4 nitrogen and oxygen atoms in total. The van der Waals surface area contributed by atoms with Crippen LogP contribution in [0.25, 0.3) is 0 Å². The largest absolute Gasteiger partial charge is 0.481 e. The van der Waals surface area contributed by atoms with Gasteiger partial charge in [-0.15, -0.1) is 0 Å². The van der Waals surface area contributed by atoms with Crippen LogP contribution in [0.3, 0.4) is 0 Å². The van der Waals surface area contributed by atoms with Crippen LogP contribution in [-0.2, 0) is 9.59 Å². The number of aliphatic carboxylic acids is 2. The van der Waals surface area contributed by atoms with Crippen LogP contribution >= 0.6 is 0 Å². The van der Waals surface area contributed by atoms with Crippen LogP contribution in [0.4, 0.5) is 0 Å². The van der Waals surface area contributed by atoms with Gasteiger partial charge in [0, 0.05) is 12.8 Å². The normalized spacial score (nSPS) is 10.3. The zero-order valence-corrected chi connectivity index (χ0v) is 6.69. The molecule has 0 aromatic heterocycles. The predicted molar refractivity (Wildman–Crippen MR) is 42.9 cm³/mol. The Bertz CT molecular complexity index is 163. The average Bonchev–Trinajstić information content (AvgIpc) is 1.95. The highest BCUT2D eigenvalue weighted by Crippen LogP contribution is 1.95. The zero-order chi connectivity index (χ0) is 9.40. The molecule has 4 heteroatoms. The summed E-state index contributed by atoms with van der Waals surface area (Å²) in [5, 5.41) is 16.5. The molecule has 0 aliphatic rings. The van der Waals surface area contributed by atoms with Gasteiger partial charge in [0.2, 0.25) is 0 Å². The average molecular weight is 172 g/mol. The summed E-state index contributed by atoms with van der Waals surface area (Å²) in [5.41, 5.74) is 0. The van der Waals surface area contributed by atoms with Crippen molar-refractivity contribution in [2.24, 2.45) is 0 Å². The summed E-state index contributed by atoms with van der Waals surface area (Å²) in [4.78, 5) is 20.0. The maximum absolute atomic E-state index is 10.0. The van der Waals surface area contributed by atoms with Crippen molar-refractivity contribution in [1.82, 2.24) is 0 Å². The van der Waals surface area contributed by atoms with E-state index in [2.05, 4.69) is 0 Å². The topological polar surface area (TPSA) is 74.6 Å². The standard InChI is InChI=1S/C8H12O4/c9-7(10)5-3-1-2-4-6-8(11)12/h1-2H,3-6H2,(H,9,10)(H,11,12). The van der Waals surface area contributed by atoms with E-state index in [9.17, 15) is 9.59 Å². The van der Waals surface area contributed by atoms with Crippen LogP contribution in [0.15, 0.2) is 12.2 Å². The molecule has 0 fully saturated rings. The van der Waals surface area contributed by atoms with E-state index in [4.69, 9.17) is 10.2 Å². The molecule has 0 bridgehead atoms. The molecule has 68 valence electrons. The minimum Gasteiger partial charge on any atom is -0.481 e. The Morgan fingerprint density at radius 3 is 1.50 bits per heavy atom. The van der Waals surface area contributed by atoms with Crippen molar-refractivity contribution in [3.8, 4) is 0 Å². The van der Waals surface area contributed by atoms with E-state index < -0.39 is 11.9 Å². The van der Waals surface area contributed by atoms with Gasteiger partial charge in [0.1, 0.15) is 0 Å². The molecule has 0 aliphatic carbocycles. The fourth-order valence-corrected chi connectivity index (χ4v) is 0.649. The predicted octanol–water partition coefficient (Wildman–Crippen LogP) is 1.27. The van der Waals surface area contributed by atoms with Crippen molar-refractivity contribution in [3.05, 3.63) is 12.2 Å². The van der Waals surface area contributed by atoms with Gasteiger partial charge in [-0.25, -0.2) is 0 Å². The molecule has 0 rings (SSSR count). The van der Waals surface area contributed by atoms with Gasteiger partial charge in [0.15, 0.2) is 0 Å². The third kappa shape index (κ3) is 8.68. The van der Waals surface area contributed by atoms with Gasteiger partial charge in [-0.05, 0) is 12.8 Å². The van der Waals surface area contributed by atoms with E-state index in [1.807, 2.05) is 0 Å². The van der Waals surface area contributed by atoms with Gasteiger partial charge in [-0.2, -0.15) is 0 Å². The van der Waals surface area contributed by atoms with Gasteiger partial charge in [0.25, 0.3) is 0 Å². The van der Waals surface area contributed by atoms with Crippen molar-refractivity contribution < 1.29 is 19.8 Å². The number of hydrogen-bond donors (Lipinski definition) is 2. The first kappa shape index (κ1) is 10.7. The monoisotopic (exact) mass is 172 g/mol. The van der Waals surface area contributed by atoms with E-state index >= 15 is 0 Å². The molecule has 0 aromatic carbocycles. The summed E-state index contributed by atoms with van der Waals surface area (Å²) >= 11 is 0. The maximum Gasteiger partial charge on any atom is 0.303 e. The molecule has 0 radical (unpaired) electrons. The lowest BCUT2D eigenvalue weighted by Gasteiger charge is -1.88. The lowest BCUT2D eigenvalue weighted by atomic mass is 10.2. The maximum atomic E-state index is 10.0. The van der Waals surface area contributed by atoms with Crippen LogP contribution in [0, 0.1) is 0 Å². The zero-order valence-electron chi connectivity index (χ0n) is 6.69. The second-order valence-corrected chi connectivity index (χ2v) is 2.34. The second-order valence-electron chi connectivity index (χ2n) is 2.34. The van der Waals surface area contributed by atoms with Crippen molar-refractivity contribution in [2.45, 2.75) is 25.7 Å². The van der Waals surface area contributed by atoms with Crippen molar-refractivity contribution in [3.63, 3.8) is 0 Å². The Balaban J connectivity index is 3.26. The van der Waals surface area contributed by atoms with E-state index in [1.165, 1.54) is 0 Å². The van der Waals surface area contributed by atoms with E-state index in [1.54, 1.807) is 12.2 Å². The van der Waals surface area contributed by atoms with Crippen molar-refractivity contribution in [2.75, 3.05) is 0 Å². The summed E-state index contributed by atoms with van der Waals surface area (Å²) in [5.74, 6) is -1.67. The summed E-state index contributed by atoms with van der Waals surface area (Å²) in [6.45, 7) is 0. The number of carboxylic acids is 2. The number of carbonyl (C=O) groups is 2. The van der Waals surface area contributed by atoms with E-state index in [-0.39, 0.29) is 12.8 Å². The van der Waals surface area contributed by atoms with E-state index in [0.717, 1.165) is 0 Å². The molecule has 0 saturated carbocycles. The first-order valence-electron chi connectivity index (χ1n) is 3.71. The van der Waals surface area contributed by atoms with E-state index in [0.29, 0.717) is 12.8 Å². The Morgan fingerprint density at radius 1 is 0.917 bits per heavy atom. The Hall–Kier alpha value is -1.32. The third-order valence-electron chi connectivity index (χ3n) is 1.22. The van der Waals surface area contributed by atoms with Crippen LogP contribution < -0.4 is 0 Å². The molecular formula is C8H12O4. The van der Waals surface area contributed by atoms with Crippen LogP contribution in [-0.4, -0.2) is 22.2 Å². The minimum atomic E-state index is -0.835. The number of carboxylic acid groups (broad SMARTS) is 2. The molecular weight excluding hydrogens is 160 g/mol. The smallest absolute Gasteiger partial charge is 0.303 e. The quantitative estimate of drug-likeness (QED) is 0.591. The Morgan fingerprint density at radius 2 is 1.25 bits per heavy atom. The molecule has 0 saturated heterocycles. The SMILES string of the molecule is O=C(O)CCC=CCCC(=O)O. The molecule has 0 heterocycles. The van der Waals surface area contributed by atoms with Gasteiger partial charge in [0.05, 0.1) is 0 Å². The van der Waals surface area contributed by atoms with Gasteiger partial charge >= 0.3 is 11.9 Å². The van der Waals surface area contributed by atoms with Gasteiger partial charge in [-0.3, -0.25) is 9.59 Å². The third-order valence-corrected chi connectivity index (χ3v) is 1.22.